The number of aromatic hydroxyl groups is 1. The van der Waals surface area contributed by atoms with E-state index >= 15 is 0 Å². The van der Waals surface area contributed by atoms with Crippen molar-refractivity contribution < 1.29 is 14.7 Å². The minimum absolute atomic E-state index is 0.0545. The predicted octanol–water partition coefficient (Wildman–Crippen LogP) is 2.45. The number of phenolic OH excluding ortho intramolecular Hbond substituents is 1. The number of rotatable bonds is 6. The lowest BCUT2D eigenvalue weighted by molar-refractivity contribution is -0.124. The van der Waals surface area contributed by atoms with Crippen molar-refractivity contribution in [2.45, 2.75) is 26.3 Å². The van der Waals surface area contributed by atoms with Gasteiger partial charge in [0.25, 0.3) is 0 Å². The summed E-state index contributed by atoms with van der Waals surface area (Å²) in [6.07, 6.45) is 1.08. The second kappa shape index (κ2) is 8.89. The van der Waals surface area contributed by atoms with Gasteiger partial charge >= 0.3 is 0 Å². The van der Waals surface area contributed by atoms with Crippen LogP contribution in [0.15, 0.2) is 42.5 Å². The van der Waals surface area contributed by atoms with Gasteiger partial charge in [0, 0.05) is 18.8 Å². The van der Waals surface area contributed by atoms with Crippen molar-refractivity contribution in [3.8, 4) is 5.75 Å². The van der Waals surface area contributed by atoms with E-state index in [1.807, 2.05) is 44.3 Å². The summed E-state index contributed by atoms with van der Waals surface area (Å²) in [4.78, 5) is 26.7. The minimum atomic E-state index is -0.154. The maximum atomic E-state index is 12.3. The van der Waals surface area contributed by atoms with Crippen LogP contribution >= 0.6 is 0 Å². The van der Waals surface area contributed by atoms with Crippen LogP contribution in [-0.2, 0) is 22.6 Å². The zero-order chi connectivity index (χ0) is 20.1. The van der Waals surface area contributed by atoms with E-state index in [0.717, 1.165) is 36.2 Å². The number of nitrogens with zero attached hydrogens (tertiary/aromatic N) is 1. The van der Waals surface area contributed by atoms with Crippen LogP contribution in [0.3, 0.4) is 0 Å². The second-order valence-electron chi connectivity index (χ2n) is 7.51. The number of hydrogen-bond donors (Lipinski definition) is 3. The number of amides is 2. The van der Waals surface area contributed by atoms with E-state index in [-0.39, 0.29) is 29.9 Å². The van der Waals surface area contributed by atoms with Crippen molar-refractivity contribution in [2.24, 2.45) is 5.92 Å². The lowest BCUT2D eigenvalue weighted by Gasteiger charge is -2.12. The lowest BCUT2D eigenvalue weighted by Crippen LogP contribution is -2.31. The molecule has 1 fully saturated rings. The van der Waals surface area contributed by atoms with E-state index < -0.39 is 0 Å². The topological polar surface area (TPSA) is 81.7 Å². The van der Waals surface area contributed by atoms with E-state index in [1.165, 1.54) is 0 Å². The molecule has 2 aromatic rings. The molecule has 28 heavy (non-hydrogen) atoms. The Hall–Kier alpha value is -2.86. The Morgan fingerprint density at radius 1 is 1.18 bits per heavy atom. The fourth-order valence-electron chi connectivity index (χ4n) is 3.40. The monoisotopic (exact) mass is 381 g/mol. The van der Waals surface area contributed by atoms with E-state index in [1.54, 1.807) is 12.1 Å². The quantitative estimate of drug-likeness (QED) is 0.718. The maximum absolute atomic E-state index is 12.3. The molecule has 1 heterocycles. The first-order valence-corrected chi connectivity index (χ1v) is 9.54. The molecule has 0 radical (unpaired) electrons. The highest BCUT2D eigenvalue weighted by molar-refractivity contribution is 5.92. The third-order valence-electron chi connectivity index (χ3n) is 5.08. The molecule has 6 nitrogen and oxygen atoms in total. The first kappa shape index (κ1) is 19.9. The number of benzene rings is 2. The van der Waals surface area contributed by atoms with E-state index in [2.05, 4.69) is 15.5 Å². The van der Waals surface area contributed by atoms with Crippen LogP contribution in [0.25, 0.3) is 0 Å². The number of likely N-dealkylation sites (tertiary alicyclic amines) is 1. The number of nitrogens with one attached hydrogen (secondary N) is 2. The number of carbonyl (C=O) groups is 2. The van der Waals surface area contributed by atoms with E-state index in [9.17, 15) is 14.7 Å². The molecule has 0 aromatic heterocycles. The Morgan fingerprint density at radius 2 is 2.00 bits per heavy atom. The molecule has 1 aliphatic rings. The summed E-state index contributed by atoms with van der Waals surface area (Å²) in [6, 6.07) is 12.7. The highest BCUT2D eigenvalue weighted by Crippen LogP contribution is 2.19. The van der Waals surface area contributed by atoms with Gasteiger partial charge in [-0.15, -0.1) is 0 Å². The molecule has 0 aliphatic carbocycles. The number of anilines is 1. The van der Waals surface area contributed by atoms with Crippen LogP contribution in [0, 0.1) is 12.8 Å². The third kappa shape index (κ3) is 5.33. The molecule has 1 atom stereocenters. The Balaban J connectivity index is 1.53. The molecule has 1 saturated heterocycles. The SMILES string of the molecule is Cc1ccc(CC(=O)Nc2cccc(CNC(=O)[C@H]3CCN(C)C3)c2)cc1O. The van der Waals surface area contributed by atoms with Gasteiger partial charge in [0.05, 0.1) is 12.3 Å². The number of hydrogen-bond acceptors (Lipinski definition) is 4. The fourth-order valence-corrected chi connectivity index (χ4v) is 3.40. The van der Waals surface area contributed by atoms with Crippen molar-refractivity contribution in [2.75, 3.05) is 25.5 Å². The predicted molar refractivity (Wildman–Crippen MR) is 109 cm³/mol. The molecule has 0 saturated carbocycles. The molecule has 1 aliphatic heterocycles. The normalized spacial score (nSPS) is 16.7. The van der Waals surface area contributed by atoms with Crippen molar-refractivity contribution in [1.29, 1.82) is 0 Å². The standard InChI is InChI=1S/C22H27N3O3/c1-15-6-7-16(11-20(15)26)12-21(27)24-19-5-3-4-17(10-19)13-23-22(28)18-8-9-25(2)14-18/h3-7,10-11,18,26H,8-9,12-14H2,1-2H3,(H,23,28)(H,24,27)/t18-/m0/s1. The molecule has 6 heteroatoms. The summed E-state index contributed by atoms with van der Waals surface area (Å²) >= 11 is 0. The zero-order valence-electron chi connectivity index (χ0n) is 16.4. The Labute approximate surface area is 165 Å². The molecular weight excluding hydrogens is 354 g/mol. The highest BCUT2D eigenvalue weighted by Gasteiger charge is 2.25. The first-order chi connectivity index (χ1) is 13.4. The maximum Gasteiger partial charge on any atom is 0.228 e. The minimum Gasteiger partial charge on any atom is -0.508 e. The van der Waals surface area contributed by atoms with Crippen molar-refractivity contribution in [3.05, 3.63) is 59.2 Å². The summed E-state index contributed by atoms with van der Waals surface area (Å²) in [6.45, 7) is 4.01. The molecule has 0 spiro atoms. The molecule has 0 bridgehead atoms. The van der Waals surface area contributed by atoms with E-state index in [0.29, 0.717) is 12.2 Å². The van der Waals surface area contributed by atoms with Crippen molar-refractivity contribution in [3.63, 3.8) is 0 Å². The molecular formula is C22H27N3O3. The smallest absolute Gasteiger partial charge is 0.228 e. The van der Waals surface area contributed by atoms with Gasteiger partial charge in [-0.25, -0.2) is 0 Å². The van der Waals surface area contributed by atoms with Gasteiger partial charge < -0.3 is 20.6 Å². The molecule has 2 amide bonds. The van der Waals surface area contributed by atoms with E-state index in [4.69, 9.17) is 0 Å². The summed E-state index contributed by atoms with van der Waals surface area (Å²) < 4.78 is 0. The van der Waals surface area contributed by atoms with Crippen LogP contribution in [0.4, 0.5) is 5.69 Å². The summed E-state index contributed by atoms with van der Waals surface area (Å²) in [5, 5.41) is 15.6. The van der Waals surface area contributed by atoms with Crippen molar-refractivity contribution in [1.82, 2.24) is 10.2 Å². The fraction of sp³-hybridized carbons (Fsp3) is 0.364. The van der Waals surface area contributed by atoms with Crippen LogP contribution in [0.1, 0.15) is 23.1 Å². The Morgan fingerprint density at radius 3 is 2.71 bits per heavy atom. The highest BCUT2D eigenvalue weighted by atomic mass is 16.3. The van der Waals surface area contributed by atoms with Crippen LogP contribution in [0.5, 0.6) is 5.75 Å². The third-order valence-corrected chi connectivity index (χ3v) is 5.08. The van der Waals surface area contributed by atoms with Crippen LogP contribution in [-0.4, -0.2) is 42.0 Å². The average molecular weight is 381 g/mol. The lowest BCUT2D eigenvalue weighted by atomic mass is 10.1. The summed E-state index contributed by atoms with van der Waals surface area (Å²) in [7, 11) is 2.03. The molecule has 3 N–H and O–H groups in total. The Bertz CT molecular complexity index is 866. The largest absolute Gasteiger partial charge is 0.508 e. The molecule has 148 valence electrons. The first-order valence-electron chi connectivity index (χ1n) is 9.54. The van der Waals surface area contributed by atoms with Crippen LogP contribution < -0.4 is 10.6 Å². The molecule has 2 aromatic carbocycles. The number of carbonyl (C=O) groups excluding carboxylic acids is 2. The number of aryl methyl sites for hydroxylation is 1. The second-order valence-corrected chi connectivity index (χ2v) is 7.51. The van der Waals surface area contributed by atoms with Gasteiger partial charge in [0.15, 0.2) is 0 Å². The van der Waals surface area contributed by atoms with Crippen LogP contribution in [0.2, 0.25) is 0 Å². The van der Waals surface area contributed by atoms with Gasteiger partial charge in [-0.05, 0) is 61.8 Å². The molecule has 3 rings (SSSR count). The summed E-state index contributed by atoms with van der Waals surface area (Å²) in [5.74, 6) is 0.173. The molecule has 0 unspecified atom stereocenters. The zero-order valence-corrected chi connectivity index (χ0v) is 16.4. The van der Waals surface area contributed by atoms with Gasteiger partial charge in [0.2, 0.25) is 11.8 Å². The van der Waals surface area contributed by atoms with Gasteiger partial charge in [-0.1, -0.05) is 24.3 Å². The Kier molecular flexibility index (Phi) is 6.31. The summed E-state index contributed by atoms with van der Waals surface area (Å²) in [5.41, 5.74) is 3.16. The van der Waals surface area contributed by atoms with Gasteiger partial charge in [-0.3, -0.25) is 9.59 Å². The van der Waals surface area contributed by atoms with Gasteiger partial charge in [0.1, 0.15) is 5.75 Å². The van der Waals surface area contributed by atoms with Gasteiger partial charge in [-0.2, -0.15) is 0 Å². The number of phenols is 1. The average Bonchev–Trinajstić information content (AvgIpc) is 3.09. The van der Waals surface area contributed by atoms with Crippen molar-refractivity contribution >= 4 is 17.5 Å².